The van der Waals surface area contributed by atoms with Gasteiger partial charge in [-0.3, -0.25) is 9.59 Å². The van der Waals surface area contributed by atoms with E-state index in [0.717, 1.165) is 41.5 Å². The van der Waals surface area contributed by atoms with Crippen LogP contribution in [0.1, 0.15) is 61.5 Å². The van der Waals surface area contributed by atoms with Crippen molar-refractivity contribution in [2.75, 3.05) is 0 Å². The van der Waals surface area contributed by atoms with Gasteiger partial charge in [0, 0.05) is 17.6 Å². The van der Waals surface area contributed by atoms with Gasteiger partial charge in [0.05, 0.1) is 16.8 Å². The number of fused-ring (bicyclic) bond motifs is 3. The standard InChI is InChI=1S/C25H28ClN3O2S/c1-25(24(31)27-19-9-4-2-3-5-10-19)16-28-20-11-12-32-22(20)14-21(28)23(30)29(25)15-17-7-6-8-18(26)13-17/h6-8,11-14,19H,2-5,9-10,15-16H2,1H3,(H,27,31)/t25-/m1/s1. The van der Waals surface area contributed by atoms with Crippen molar-refractivity contribution >= 4 is 45.0 Å². The van der Waals surface area contributed by atoms with E-state index < -0.39 is 5.54 Å². The maximum atomic E-state index is 13.8. The predicted molar refractivity (Wildman–Crippen MR) is 129 cm³/mol. The first kappa shape index (κ1) is 21.5. The van der Waals surface area contributed by atoms with Crippen LogP contribution in [0.25, 0.3) is 10.2 Å². The molecule has 1 aromatic carbocycles. The fourth-order valence-electron chi connectivity index (χ4n) is 5.10. The summed E-state index contributed by atoms with van der Waals surface area (Å²) in [5.74, 6) is -0.180. The monoisotopic (exact) mass is 469 g/mol. The van der Waals surface area contributed by atoms with E-state index in [1.54, 1.807) is 16.2 Å². The van der Waals surface area contributed by atoms with Crippen LogP contribution in [0.3, 0.4) is 0 Å². The lowest BCUT2D eigenvalue weighted by Gasteiger charge is -2.44. The number of carbonyl (C=O) groups is 2. The van der Waals surface area contributed by atoms with Gasteiger partial charge in [-0.2, -0.15) is 0 Å². The summed E-state index contributed by atoms with van der Waals surface area (Å²) in [4.78, 5) is 29.3. The number of nitrogens with one attached hydrogen (secondary N) is 1. The van der Waals surface area contributed by atoms with Crippen LogP contribution in [0.15, 0.2) is 41.8 Å². The molecular weight excluding hydrogens is 442 g/mol. The molecule has 1 aliphatic carbocycles. The molecule has 2 amide bonds. The van der Waals surface area contributed by atoms with Crippen LogP contribution in [-0.4, -0.2) is 32.9 Å². The van der Waals surface area contributed by atoms with E-state index in [-0.39, 0.29) is 17.9 Å². The zero-order valence-corrected chi connectivity index (χ0v) is 19.8. The van der Waals surface area contributed by atoms with Crippen molar-refractivity contribution < 1.29 is 9.59 Å². The molecule has 5 rings (SSSR count). The predicted octanol–water partition coefficient (Wildman–Crippen LogP) is 5.61. The average molecular weight is 470 g/mol. The normalized spacial score (nSPS) is 22.1. The summed E-state index contributed by atoms with van der Waals surface area (Å²) in [6.07, 6.45) is 6.76. The lowest BCUT2D eigenvalue weighted by Crippen LogP contribution is -2.64. The van der Waals surface area contributed by atoms with Crippen molar-refractivity contribution in [3.05, 3.63) is 58.1 Å². The van der Waals surface area contributed by atoms with E-state index in [2.05, 4.69) is 5.32 Å². The maximum Gasteiger partial charge on any atom is 0.271 e. The number of hydrogen-bond acceptors (Lipinski definition) is 3. The molecule has 2 aliphatic rings. The third-order valence-corrected chi connectivity index (χ3v) is 8.05. The minimum atomic E-state index is -0.993. The SMILES string of the molecule is C[C@]1(C(=O)NC2CCCCCC2)Cn2c(cc3sccc32)C(=O)N1Cc1cccc(Cl)c1. The molecule has 0 unspecified atom stereocenters. The summed E-state index contributed by atoms with van der Waals surface area (Å²) in [6.45, 7) is 2.68. The topological polar surface area (TPSA) is 54.3 Å². The lowest BCUT2D eigenvalue weighted by molar-refractivity contribution is -0.134. The number of thiophene rings is 1. The molecule has 1 N–H and O–H groups in total. The maximum absolute atomic E-state index is 13.8. The Bertz CT molecular complexity index is 1160. The molecule has 1 saturated carbocycles. The number of nitrogens with zero attached hydrogens (tertiary/aromatic N) is 2. The number of aromatic nitrogens is 1. The van der Waals surface area contributed by atoms with Crippen molar-refractivity contribution in [2.24, 2.45) is 0 Å². The van der Waals surface area contributed by atoms with Crippen molar-refractivity contribution in [3.8, 4) is 0 Å². The Morgan fingerprint density at radius 1 is 1.19 bits per heavy atom. The Labute approximate surface area is 197 Å². The first-order valence-electron chi connectivity index (χ1n) is 11.4. The average Bonchev–Trinajstić information content (AvgIpc) is 3.26. The van der Waals surface area contributed by atoms with Crippen molar-refractivity contribution in [1.82, 2.24) is 14.8 Å². The van der Waals surface area contributed by atoms with E-state index in [9.17, 15) is 9.59 Å². The molecule has 0 radical (unpaired) electrons. The lowest BCUT2D eigenvalue weighted by atomic mass is 9.93. The highest BCUT2D eigenvalue weighted by atomic mass is 35.5. The molecule has 0 spiro atoms. The van der Waals surface area contributed by atoms with Crippen molar-refractivity contribution in [1.29, 1.82) is 0 Å². The van der Waals surface area contributed by atoms with Crippen LogP contribution >= 0.6 is 22.9 Å². The number of benzene rings is 1. The Morgan fingerprint density at radius 3 is 2.72 bits per heavy atom. The highest BCUT2D eigenvalue weighted by molar-refractivity contribution is 7.17. The molecule has 3 aromatic rings. The minimum absolute atomic E-state index is 0.0671. The van der Waals surface area contributed by atoms with Crippen LogP contribution in [0.4, 0.5) is 0 Å². The minimum Gasteiger partial charge on any atom is -0.351 e. The molecule has 168 valence electrons. The van der Waals surface area contributed by atoms with Crippen LogP contribution in [0.2, 0.25) is 5.02 Å². The first-order valence-corrected chi connectivity index (χ1v) is 12.7. The van der Waals surface area contributed by atoms with E-state index in [1.165, 1.54) is 12.8 Å². The van der Waals surface area contributed by atoms with E-state index >= 15 is 0 Å². The van der Waals surface area contributed by atoms with Crippen LogP contribution in [-0.2, 0) is 17.9 Å². The number of amides is 2. The third-order valence-electron chi connectivity index (χ3n) is 6.96. The molecule has 2 aromatic heterocycles. The quantitative estimate of drug-likeness (QED) is 0.505. The molecule has 0 saturated heterocycles. The van der Waals surface area contributed by atoms with Gasteiger partial charge in [-0.25, -0.2) is 0 Å². The highest BCUT2D eigenvalue weighted by Gasteiger charge is 2.48. The Morgan fingerprint density at radius 2 is 1.97 bits per heavy atom. The van der Waals surface area contributed by atoms with Crippen LogP contribution in [0.5, 0.6) is 0 Å². The Kier molecular flexibility index (Phi) is 5.76. The van der Waals surface area contributed by atoms with Crippen molar-refractivity contribution in [2.45, 2.75) is 70.1 Å². The van der Waals surface area contributed by atoms with Gasteiger partial charge < -0.3 is 14.8 Å². The Hall–Kier alpha value is -2.31. The van der Waals surface area contributed by atoms with Crippen LogP contribution in [0, 0.1) is 0 Å². The first-order chi connectivity index (χ1) is 15.5. The van der Waals surface area contributed by atoms with E-state index in [0.29, 0.717) is 23.8 Å². The van der Waals surface area contributed by atoms with Gasteiger partial charge in [0.15, 0.2) is 0 Å². The number of carbonyl (C=O) groups excluding carboxylic acids is 2. The molecule has 3 heterocycles. The summed E-state index contributed by atoms with van der Waals surface area (Å²) >= 11 is 7.83. The zero-order valence-electron chi connectivity index (χ0n) is 18.3. The second kappa shape index (κ2) is 8.56. The molecular formula is C25H28ClN3O2S. The van der Waals surface area contributed by atoms with Gasteiger partial charge >= 0.3 is 0 Å². The number of rotatable bonds is 4. The molecule has 32 heavy (non-hydrogen) atoms. The smallest absolute Gasteiger partial charge is 0.271 e. The molecule has 1 aliphatic heterocycles. The van der Waals surface area contributed by atoms with Gasteiger partial charge in [0.2, 0.25) is 5.91 Å². The summed E-state index contributed by atoms with van der Waals surface area (Å²) in [5.41, 5.74) is 1.59. The largest absolute Gasteiger partial charge is 0.351 e. The summed E-state index contributed by atoms with van der Waals surface area (Å²) < 4.78 is 3.10. The van der Waals surface area contributed by atoms with Gasteiger partial charge in [0.1, 0.15) is 11.2 Å². The Balaban J connectivity index is 1.52. The zero-order chi connectivity index (χ0) is 22.3. The molecule has 5 nitrogen and oxygen atoms in total. The summed E-state index contributed by atoms with van der Waals surface area (Å²) in [6, 6.07) is 11.7. The summed E-state index contributed by atoms with van der Waals surface area (Å²) in [7, 11) is 0. The highest BCUT2D eigenvalue weighted by Crippen LogP contribution is 2.35. The van der Waals surface area contributed by atoms with Crippen LogP contribution < -0.4 is 5.32 Å². The van der Waals surface area contributed by atoms with Gasteiger partial charge in [0.25, 0.3) is 5.91 Å². The fraction of sp³-hybridized carbons (Fsp3) is 0.440. The third kappa shape index (κ3) is 3.84. The molecule has 0 bridgehead atoms. The van der Waals surface area contributed by atoms with E-state index in [4.69, 9.17) is 11.6 Å². The second-order valence-electron chi connectivity index (χ2n) is 9.24. The summed E-state index contributed by atoms with van der Waals surface area (Å²) in [5, 5.41) is 5.97. The molecule has 1 fully saturated rings. The van der Waals surface area contributed by atoms with E-state index in [1.807, 2.05) is 53.3 Å². The van der Waals surface area contributed by atoms with Gasteiger partial charge in [-0.15, -0.1) is 11.3 Å². The van der Waals surface area contributed by atoms with Crippen molar-refractivity contribution in [3.63, 3.8) is 0 Å². The fourth-order valence-corrected chi connectivity index (χ4v) is 6.14. The molecule has 1 atom stereocenters. The van der Waals surface area contributed by atoms with Gasteiger partial charge in [-0.1, -0.05) is 49.4 Å². The number of hydrogen-bond donors (Lipinski definition) is 1. The second-order valence-corrected chi connectivity index (χ2v) is 10.6. The molecule has 7 heteroatoms. The number of halogens is 1. The van der Waals surface area contributed by atoms with Gasteiger partial charge in [-0.05, 0) is 55.0 Å².